The minimum atomic E-state index is -0.368. The van der Waals surface area contributed by atoms with Crippen LogP contribution in [0.1, 0.15) is 23.1 Å². The first kappa shape index (κ1) is 17.5. The van der Waals surface area contributed by atoms with E-state index >= 15 is 0 Å². The molecule has 0 saturated carbocycles. The van der Waals surface area contributed by atoms with Gasteiger partial charge in [0.05, 0.1) is 5.92 Å². The molecule has 0 unspecified atom stereocenters. The summed E-state index contributed by atoms with van der Waals surface area (Å²) >= 11 is 6.16. The first-order valence-electron chi connectivity index (χ1n) is 8.30. The van der Waals surface area contributed by atoms with Gasteiger partial charge in [0.1, 0.15) is 0 Å². The lowest BCUT2D eigenvalue weighted by Gasteiger charge is -2.18. The van der Waals surface area contributed by atoms with E-state index in [0.717, 1.165) is 28.1 Å². The van der Waals surface area contributed by atoms with Gasteiger partial charge in [0.15, 0.2) is 0 Å². The maximum absolute atomic E-state index is 12.6. The van der Waals surface area contributed by atoms with Gasteiger partial charge in [-0.3, -0.25) is 9.59 Å². The fraction of sp³-hybridized carbons (Fsp3) is 0.300. The van der Waals surface area contributed by atoms with Crippen molar-refractivity contribution in [2.24, 2.45) is 5.92 Å². The molecule has 25 heavy (non-hydrogen) atoms. The van der Waals surface area contributed by atoms with E-state index in [-0.39, 0.29) is 24.2 Å². The molecule has 1 heterocycles. The Morgan fingerprint density at radius 1 is 1.16 bits per heavy atom. The predicted octanol–water partition coefficient (Wildman–Crippen LogP) is 4.26. The number of anilines is 2. The normalized spacial score (nSPS) is 17.0. The van der Waals surface area contributed by atoms with E-state index in [2.05, 4.69) is 5.32 Å². The lowest BCUT2D eigenvalue weighted by atomic mass is 10.1. The van der Waals surface area contributed by atoms with Gasteiger partial charge in [-0.25, -0.2) is 0 Å². The van der Waals surface area contributed by atoms with Crippen molar-refractivity contribution in [3.63, 3.8) is 0 Å². The fourth-order valence-electron chi connectivity index (χ4n) is 3.00. The van der Waals surface area contributed by atoms with Gasteiger partial charge >= 0.3 is 0 Å². The van der Waals surface area contributed by atoms with Crippen LogP contribution in [0.5, 0.6) is 0 Å². The van der Waals surface area contributed by atoms with E-state index < -0.39 is 0 Å². The van der Waals surface area contributed by atoms with Gasteiger partial charge < -0.3 is 10.2 Å². The van der Waals surface area contributed by atoms with Gasteiger partial charge in [0.2, 0.25) is 11.8 Å². The van der Waals surface area contributed by atoms with Crippen LogP contribution in [0.25, 0.3) is 0 Å². The number of nitrogens with zero attached hydrogens (tertiary/aromatic N) is 1. The SMILES string of the molecule is Cc1ccc(N2C[C@H](C(=O)Nc3cccc(C)c3C)CC2=O)cc1Cl. The summed E-state index contributed by atoms with van der Waals surface area (Å²) < 4.78 is 0. The summed E-state index contributed by atoms with van der Waals surface area (Å²) in [4.78, 5) is 26.6. The van der Waals surface area contributed by atoms with E-state index in [9.17, 15) is 9.59 Å². The molecule has 1 fully saturated rings. The predicted molar refractivity (Wildman–Crippen MR) is 101 cm³/mol. The zero-order chi connectivity index (χ0) is 18.1. The maximum Gasteiger partial charge on any atom is 0.229 e. The van der Waals surface area contributed by atoms with Gasteiger partial charge in [-0.2, -0.15) is 0 Å². The largest absolute Gasteiger partial charge is 0.326 e. The number of halogens is 1. The van der Waals surface area contributed by atoms with Crippen LogP contribution in [0.2, 0.25) is 5.02 Å². The van der Waals surface area contributed by atoms with Crippen molar-refractivity contribution >= 4 is 34.8 Å². The van der Waals surface area contributed by atoms with E-state index in [1.807, 2.05) is 51.1 Å². The van der Waals surface area contributed by atoms with Crippen LogP contribution in [-0.2, 0) is 9.59 Å². The molecule has 130 valence electrons. The summed E-state index contributed by atoms with van der Waals surface area (Å²) in [6.45, 7) is 6.27. The average molecular weight is 357 g/mol. The molecule has 1 atom stereocenters. The van der Waals surface area contributed by atoms with Crippen LogP contribution in [0, 0.1) is 26.7 Å². The van der Waals surface area contributed by atoms with E-state index in [4.69, 9.17) is 11.6 Å². The highest BCUT2D eigenvalue weighted by atomic mass is 35.5. The van der Waals surface area contributed by atoms with Gasteiger partial charge in [0, 0.05) is 29.4 Å². The average Bonchev–Trinajstić information content (AvgIpc) is 2.96. The molecule has 1 saturated heterocycles. The van der Waals surface area contributed by atoms with Crippen molar-refractivity contribution in [2.45, 2.75) is 27.2 Å². The third-order valence-electron chi connectivity index (χ3n) is 4.83. The van der Waals surface area contributed by atoms with Crippen LogP contribution < -0.4 is 10.2 Å². The molecule has 4 nitrogen and oxygen atoms in total. The highest BCUT2D eigenvalue weighted by Gasteiger charge is 2.35. The molecule has 0 bridgehead atoms. The number of hydrogen-bond donors (Lipinski definition) is 1. The number of rotatable bonds is 3. The monoisotopic (exact) mass is 356 g/mol. The molecule has 2 amide bonds. The van der Waals surface area contributed by atoms with Crippen molar-refractivity contribution in [3.05, 3.63) is 58.1 Å². The second-order valence-electron chi connectivity index (χ2n) is 6.58. The van der Waals surface area contributed by atoms with Crippen LogP contribution in [-0.4, -0.2) is 18.4 Å². The minimum absolute atomic E-state index is 0.0546. The number of aryl methyl sites for hydroxylation is 2. The van der Waals surface area contributed by atoms with Crippen molar-refractivity contribution < 1.29 is 9.59 Å². The molecule has 0 spiro atoms. The van der Waals surface area contributed by atoms with Gasteiger partial charge in [0.25, 0.3) is 0 Å². The van der Waals surface area contributed by atoms with Gasteiger partial charge in [-0.1, -0.05) is 29.8 Å². The molecule has 1 aliphatic rings. The van der Waals surface area contributed by atoms with Crippen molar-refractivity contribution in [1.82, 2.24) is 0 Å². The summed E-state index contributed by atoms with van der Waals surface area (Å²) in [5.74, 6) is -0.545. The Bertz CT molecular complexity index is 848. The number of benzene rings is 2. The Morgan fingerprint density at radius 2 is 1.92 bits per heavy atom. The second-order valence-corrected chi connectivity index (χ2v) is 6.98. The first-order valence-corrected chi connectivity index (χ1v) is 8.68. The van der Waals surface area contributed by atoms with Crippen molar-refractivity contribution in [1.29, 1.82) is 0 Å². The number of amides is 2. The molecular weight excluding hydrogens is 336 g/mol. The molecule has 1 aliphatic heterocycles. The van der Waals surface area contributed by atoms with Gasteiger partial charge in [-0.15, -0.1) is 0 Å². The Morgan fingerprint density at radius 3 is 2.64 bits per heavy atom. The van der Waals surface area contributed by atoms with E-state index in [1.54, 1.807) is 11.0 Å². The Labute approximate surface area is 152 Å². The first-order chi connectivity index (χ1) is 11.9. The van der Waals surface area contributed by atoms with Crippen LogP contribution in [0.4, 0.5) is 11.4 Å². The fourth-order valence-corrected chi connectivity index (χ4v) is 3.18. The Kier molecular flexibility index (Phi) is 4.82. The highest BCUT2D eigenvalue weighted by Crippen LogP contribution is 2.29. The standard InChI is InChI=1S/C20H21ClN2O2/c1-12-5-4-6-18(14(12)3)22-20(25)15-9-19(24)23(11-15)16-8-7-13(2)17(21)10-16/h4-8,10,15H,9,11H2,1-3H3,(H,22,25)/t15-/m1/s1. The summed E-state index contributed by atoms with van der Waals surface area (Å²) in [6.07, 6.45) is 0.211. The summed E-state index contributed by atoms with van der Waals surface area (Å²) in [5, 5.41) is 3.58. The number of nitrogens with one attached hydrogen (secondary N) is 1. The van der Waals surface area contributed by atoms with E-state index in [1.165, 1.54) is 0 Å². The Balaban J connectivity index is 1.74. The van der Waals surface area contributed by atoms with Crippen LogP contribution in [0.15, 0.2) is 36.4 Å². The third-order valence-corrected chi connectivity index (χ3v) is 5.23. The minimum Gasteiger partial charge on any atom is -0.326 e. The number of hydrogen-bond acceptors (Lipinski definition) is 2. The van der Waals surface area contributed by atoms with Crippen LogP contribution >= 0.6 is 11.6 Å². The van der Waals surface area contributed by atoms with Crippen LogP contribution in [0.3, 0.4) is 0 Å². The summed E-state index contributed by atoms with van der Waals surface area (Å²) in [7, 11) is 0. The quantitative estimate of drug-likeness (QED) is 0.893. The zero-order valence-electron chi connectivity index (χ0n) is 14.6. The lowest BCUT2D eigenvalue weighted by Crippen LogP contribution is -2.28. The molecule has 3 rings (SSSR count). The molecule has 0 aliphatic carbocycles. The summed E-state index contributed by atoms with van der Waals surface area (Å²) in [6, 6.07) is 11.3. The highest BCUT2D eigenvalue weighted by molar-refractivity contribution is 6.31. The molecule has 0 aromatic heterocycles. The molecule has 1 N–H and O–H groups in total. The molecule has 5 heteroatoms. The third kappa shape index (κ3) is 3.54. The van der Waals surface area contributed by atoms with E-state index in [0.29, 0.717) is 11.6 Å². The second kappa shape index (κ2) is 6.89. The number of carbonyl (C=O) groups excluding carboxylic acids is 2. The molecular formula is C20H21ClN2O2. The number of carbonyl (C=O) groups is 2. The maximum atomic E-state index is 12.6. The Hall–Kier alpha value is -2.33. The van der Waals surface area contributed by atoms with Gasteiger partial charge in [-0.05, 0) is 55.7 Å². The zero-order valence-corrected chi connectivity index (χ0v) is 15.4. The summed E-state index contributed by atoms with van der Waals surface area (Å²) in [5.41, 5.74) is 4.66. The molecule has 0 radical (unpaired) electrons. The molecule has 2 aromatic rings. The smallest absolute Gasteiger partial charge is 0.229 e. The molecule has 2 aromatic carbocycles. The van der Waals surface area contributed by atoms with Crippen molar-refractivity contribution in [2.75, 3.05) is 16.8 Å². The lowest BCUT2D eigenvalue weighted by molar-refractivity contribution is -0.122. The van der Waals surface area contributed by atoms with Crippen molar-refractivity contribution in [3.8, 4) is 0 Å². The topological polar surface area (TPSA) is 49.4 Å².